The zero-order chi connectivity index (χ0) is 12.4. The van der Waals surface area contributed by atoms with Crippen molar-refractivity contribution in [3.05, 3.63) is 28.8 Å². The summed E-state index contributed by atoms with van der Waals surface area (Å²) in [5, 5.41) is 4.45. The number of nitrogens with one attached hydrogen (secondary N) is 1. The van der Waals surface area contributed by atoms with E-state index in [1.807, 2.05) is 6.07 Å². The Balaban J connectivity index is 2.07. The fraction of sp³-hybridized carbons (Fsp3) is 0.600. The maximum absolute atomic E-state index is 6.23. The van der Waals surface area contributed by atoms with Crippen LogP contribution in [0.5, 0.6) is 0 Å². The smallest absolute Gasteiger partial charge is 0.0637 e. The number of hydrogen-bond acceptors (Lipinski definition) is 1. The summed E-state index contributed by atoms with van der Waals surface area (Å²) in [7, 11) is 0. The van der Waals surface area contributed by atoms with Crippen LogP contribution in [0.2, 0.25) is 5.02 Å². The molecule has 1 aromatic carbocycles. The summed E-state index contributed by atoms with van der Waals surface area (Å²) < 4.78 is 0. The molecule has 0 aromatic heterocycles. The van der Waals surface area contributed by atoms with E-state index in [0.717, 1.165) is 22.5 Å². The molecule has 0 spiro atoms. The van der Waals surface area contributed by atoms with Crippen molar-refractivity contribution in [2.75, 3.05) is 5.32 Å². The topological polar surface area (TPSA) is 12.0 Å². The molecule has 0 amide bonds. The Kier molecular flexibility index (Phi) is 3.98. The normalized spacial score (nSPS) is 29.1. The highest BCUT2D eigenvalue weighted by Gasteiger charge is 2.24. The molecule has 0 heterocycles. The Morgan fingerprint density at radius 2 is 1.76 bits per heavy atom. The zero-order valence-corrected chi connectivity index (χ0v) is 11.7. The van der Waals surface area contributed by atoms with Gasteiger partial charge in [0.1, 0.15) is 0 Å². The number of halogens is 1. The first-order valence-corrected chi connectivity index (χ1v) is 6.95. The molecule has 2 atom stereocenters. The number of hydrogen-bond donors (Lipinski definition) is 1. The Labute approximate surface area is 110 Å². The molecule has 1 aliphatic rings. The van der Waals surface area contributed by atoms with E-state index in [9.17, 15) is 0 Å². The lowest BCUT2D eigenvalue weighted by Crippen LogP contribution is -2.30. The van der Waals surface area contributed by atoms with Gasteiger partial charge < -0.3 is 5.32 Å². The van der Waals surface area contributed by atoms with Crippen molar-refractivity contribution in [3.8, 4) is 0 Å². The van der Waals surface area contributed by atoms with E-state index in [1.54, 1.807) is 0 Å². The number of anilines is 1. The third kappa shape index (κ3) is 3.38. The van der Waals surface area contributed by atoms with Gasteiger partial charge in [-0.1, -0.05) is 31.5 Å². The molecule has 0 radical (unpaired) electrons. The first kappa shape index (κ1) is 12.8. The molecule has 17 heavy (non-hydrogen) atoms. The molecule has 1 nitrogen and oxygen atoms in total. The molecule has 2 heteroatoms. The van der Waals surface area contributed by atoms with Crippen molar-refractivity contribution in [1.29, 1.82) is 0 Å². The van der Waals surface area contributed by atoms with E-state index in [4.69, 9.17) is 11.6 Å². The molecule has 2 rings (SSSR count). The lowest BCUT2D eigenvalue weighted by atomic mass is 9.80. The van der Waals surface area contributed by atoms with Gasteiger partial charge in [-0.15, -0.1) is 0 Å². The third-order valence-corrected chi connectivity index (χ3v) is 3.99. The average molecular weight is 252 g/mol. The Bertz CT molecular complexity index is 379. The summed E-state index contributed by atoms with van der Waals surface area (Å²) in [6, 6.07) is 6.76. The minimum atomic E-state index is 0.577. The van der Waals surface area contributed by atoms with Gasteiger partial charge in [0.15, 0.2) is 0 Å². The Morgan fingerprint density at radius 3 is 2.41 bits per heavy atom. The molecule has 1 fully saturated rings. The maximum atomic E-state index is 6.23. The summed E-state index contributed by atoms with van der Waals surface area (Å²) in [6.45, 7) is 6.80. The van der Waals surface area contributed by atoms with Gasteiger partial charge in [0.05, 0.1) is 10.7 Å². The molecule has 1 saturated carbocycles. The van der Waals surface area contributed by atoms with Crippen LogP contribution in [0.3, 0.4) is 0 Å². The van der Waals surface area contributed by atoms with Crippen LogP contribution in [-0.2, 0) is 0 Å². The summed E-state index contributed by atoms with van der Waals surface area (Å²) in [6.07, 6.45) is 3.88. The van der Waals surface area contributed by atoms with E-state index in [1.165, 1.54) is 24.8 Å². The second-order valence-corrected chi connectivity index (χ2v) is 6.15. The zero-order valence-electron chi connectivity index (χ0n) is 11.0. The van der Waals surface area contributed by atoms with Crippen LogP contribution in [-0.4, -0.2) is 6.04 Å². The Morgan fingerprint density at radius 1 is 1.12 bits per heavy atom. The van der Waals surface area contributed by atoms with E-state index in [2.05, 4.69) is 38.2 Å². The van der Waals surface area contributed by atoms with Gasteiger partial charge in [-0.25, -0.2) is 0 Å². The molecule has 0 bridgehead atoms. The number of aryl methyl sites for hydroxylation is 1. The average Bonchev–Trinajstić information content (AvgIpc) is 2.22. The molecule has 94 valence electrons. The van der Waals surface area contributed by atoms with Crippen LogP contribution in [0.25, 0.3) is 0 Å². The van der Waals surface area contributed by atoms with Crippen LogP contribution in [0.15, 0.2) is 18.2 Å². The second kappa shape index (κ2) is 5.30. The lowest BCUT2D eigenvalue weighted by molar-refractivity contribution is 0.281. The summed E-state index contributed by atoms with van der Waals surface area (Å²) in [5.74, 6) is 1.64. The van der Waals surface area contributed by atoms with Gasteiger partial charge in [-0.2, -0.15) is 0 Å². The van der Waals surface area contributed by atoms with Crippen LogP contribution < -0.4 is 5.32 Å². The van der Waals surface area contributed by atoms with Crippen molar-refractivity contribution >= 4 is 17.3 Å². The molecular weight excluding hydrogens is 230 g/mol. The highest BCUT2D eigenvalue weighted by molar-refractivity contribution is 6.33. The van der Waals surface area contributed by atoms with Gasteiger partial charge in [-0.3, -0.25) is 0 Å². The van der Waals surface area contributed by atoms with Crippen LogP contribution in [0, 0.1) is 18.8 Å². The standard InChI is InChI=1S/C15H22ClN/c1-10-4-5-14(16)15(9-10)17-13-7-11(2)6-12(3)8-13/h4-5,9,11-13,17H,6-8H2,1-3H3. The fourth-order valence-electron chi connectivity index (χ4n) is 3.03. The third-order valence-electron chi connectivity index (χ3n) is 3.66. The molecule has 0 saturated heterocycles. The van der Waals surface area contributed by atoms with E-state index in [-0.39, 0.29) is 0 Å². The lowest BCUT2D eigenvalue weighted by Gasteiger charge is -2.32. The summed E-state index contributed by atoms with van der Waals surface area (Å²) in [4.78, 5) is 0. The summed E-state index contributed by atoms with van der Waals surface area (Å²) >= 11 is 6.23. The van der Waals surface area contributed by atoms with E-state index < -0.39 is 0 Å². The van der Waals surface area contributed by atoms with Crippen molar-refractivity contribution in [2.45, 2.75) is 46.1 Å². The first-order valence-electron chi connectivity index (χ1n) is 6.57. The van der Waals surface area contributed by atoms with Gasteiger partial charge in [0.2, 0.25) is 0 Å². The van der Waals surface area contributed by atoms with Gasteiger partial charge in [0, 0.05) is 6.04 Å². The SMILES string of the molecule is Cc1ccc(Cl)c(NC2CC(C)CC(C)C2)c1. The van der Waals surface area contributed by atoms with Crippen molar-refractivity contribution < 1.29 is 0 Å². The minimum Gasteiger partial charge on any atom is -0.381 e. The monoisotopic (exact) mass is 251 g/mol. The van der Waals surface area contributed by atoms with Crippen LogP contribution in [0.1, 0.15) is 38.7 Å². The molecule has 1 aromatic rings. The van der Waals surface area contributed by atoms with E-state index in [0.29, 0.717) is 6.04 Å². The van der Waals surface area contributed by atoms with Crippen molar-refractivity contribution in [3.63, 3.8) is 0 Å². The summed E-state index contributed by atoms with van der Waals surface area (Å²) in [5.41, 5.74) is 2.35. The molecule has 1 N–H and O–H groups in total. The van der Waals surface area contributed by atoms with Crippen LogP contribution in [0.4, 0.5) is 5.69 Å². The van der Waals surface area contributed by atoms with Crippen molar-refractivity contribution in [2.24, 2.45) is 11.8 Å². The largest absolute Gasteiger partial charge is 0.381 e. The Hall–Kier alpha value is -0.690. The number of rotatable bonds is 2. The molecule has 2 unspecified atom stereocenters. The minimum absolute atomic E-state index is 0.577. The quantitative estimate of drug-likeness (QED) is 0.790. The van der Waals surface area contributed by atoms with Crippen molar-refractivity contribution in [1.82, 2.24) is 0 Å². The first-order chi connectivity index (χ1) is 8.04. The fourth-order valence-corrected chi connectivity index (χ4v) is 3.21. The van der Waals surface area contributed by atoms with Crippen LogP contribution >= 0.6 is 11.6 Å². The number of benzene rings is 1. The van der Waals surface area contributed by atoms with E-state index >= 15 is 0 Å². The maximum Gasteiger partial charge on any atom is 0.0637 e. The highest BCUT2D eigenvalue weighted by Crippen LogP contribution is 2.32. The second-order valence-electron chi connectivity index (χ2n) is 5.74. The molecule has 0 aliphatic heterocycles. The van der Waals surface area contributed by atoms with Gasteiger partial charge in [-0.05, 0) is 55.7 Å². The molecule has 1 aliphatic carbocycles. The molecular formula is C15H22ClN. The van der Waals surface area contributed by atoms with Gasteiger partial charge >= 0.3 is 0 Å². The predicted molar refractivity (Wildman–Crippen MR) is 75.8 cm³/mol. The highest BCUT2D eigenvalue weighted by atomic mass is 35.5. The van der Waals surface area contributed by atoms with Gasteiger partial charge in [0.25, 0.3) is 0 Å². The predicted octanol–water partition coefficient (Wildman–Crippen LogP) is 4.89.